The van der Waals surface area contributed by atoms with Gasteiger partial charge in [-0.25, -0.2) is 8.78 Å². The van der Waals surface area contributed by atoms with Gasteiger partial charge < -0.3 is 4.79 Å². The summed E-state index contributed by atoms with van der Waals surface area (Å²) in [5.74, 6) is -1.37. The van der Waals surface area contributed by atoms with Gasteiger partial charge in [-0.05, 0) is 28.5 Å². The molecule has 1 atom stereocenters. The van der Waals surface area contributed by atoms with E-state index < -0.39 is 12.3 Å². The lowest BCUT2D eigenvalue weighted by Gasteiger charge is -2.10. The third-order valence-corrected chi connectivity index (χ3v) is 2.86. The van der Waals surface area contributed by atoms with Crippen molar-refractivity contribution in [2.24, 2.45) is 0 Å². The highest BCUT2D eigenvalue weighted by Crippen LogP contribution is 2.26. The van der Waals surface area contributed by atoms with Crippen LogP contribution in [-0.2, 0) is 4.79 Å². The molecule has 0 fully saturated rings. The summed E-state index contributed by atoms with van der Waals surface area (Å²) in [7, 11) is 0. The number of rotatable bonds is 3. The molecule has 0 saturated heterocycles. The van der Waals surface area contributed by atoms with Gasteiger partial charge in [-0.2, -0.15) is 0 Å². The number of hydrogen-bond acceptors (Lipinski definition) is 1. The van der Waals surface area contributed by atoms with Gasteiger partial charge in [-0.1, -0.05) is 35.9 Å². The van der Waals surface area contributed by atoms with Crippen LogP contribution in [0.1, 0.15) is 11.5 Å². The average Bonchev–Trinajstić information content (AvgIpc) is 2.29. The van der Waals surface area contributed by atoms with Crippen molar-refractivity contribution in [3.8, 4) is 0 Å². The van der Waals surface area contributed by atoms with E-state index in [-0.39, 0.29) is 6.29 Å². The Morgan fingerprint density at radius 2 is 1.71 bits per heavy atom. The second-order valence-electron chi connectivity index (χ2n) is 3.75. The van der Waals surface area contributed by atoms with Crippen molar-refractivity contribution in [2.45, 2.75) is 12.3 Å². The van der Waals surface area contributed by atoms with Crippen molar-refractivity contribution in [3.63, 3.8) is 0 Å². The van der Waals surface area contributed by atoms with Crippen LogP contribution >= 0.6 is 11.6 Å². The maximum absolute atomic E-state index is 12.6. The number of carbonyl (C=O) groups excluding carboxylic acids is 1. The monoisotopic (exact) mass is 254 g/mol. The van der Waals surface area contributed by atoms with Crippen molar-refractivity contribution in [1.82, 2.24) is 0 Å². The van der Waals surface area contributed by atoms with E-state index in [1.807, 2.05) is 0 Å². The van der Waals surface area contributed by atoms with Gasteiger partial charge in [-0.15, -0.1) is 0 Å². The molecule has 0 aliphatic carbocycles. The number of aldehydes is 1. The molecule has 1 nitrogen and oxygen atoms in total. The third kappa shape index (κ3) is 2.44. The second-order valence-corrected chi connectivity index (χ2v) is 4.18. The quantitative estimate of drug-likeness (QED) is 0.756. The molecule has 0 aliphatic heterocycles. The normalized spacial score (nSPS) is 12.9. The van der Waals surface area contributed by atoms with Crippen LogP contribution < -0.4 is 0 Å². The fraction of sp³-hybridized carbons (Fsp3) is 0.154. The van der Waals surface area contributed by atoms with Crippen LogP contribution in [0.2, 0.25) is 5.02 Å². The third-order valence-electron chi connectivity index (χ3n) is 2.63. The molecule has 2 aromatic carbocycles. The minimum Gasteiger partial charge on any atom is -0.302 e. The Kier molecular flexibility index (Phi) is 3.38. The SMILES string of the molecule is O=CC(c1ccc2cc(Cl)ccc2c1)C(F)F. The zero-order valence-corrected chi connectivity index (χ0v) is 9.49. The highest BCUT2D eigenvalue weighted by molar-refractivity contribution is 6.31. The Labute approximate surface area is 102 Å². The van der Waals surface area contributed by atoms with Gasteiger partial charge in [0.05, 0.1) is 0 Å². The molecule has 0 N–H and O–H groups in total. The van der Waals surface area contributed by atoms with E-state index in [4.69, 9.17) is 11.6 Å². The fourth-order valence-corrected chi connectivity index (χ4v) is 1.91. The molecule has 0 heterocycles. The average molecular weight is 255 g/mol. The Bertz CT molecular complexity index is 554. The number of fused-ring (bicyclic) bond motifs is 1. The lowest BCUT2D eigenvalue weighted by Crippen LogP contribution is -2.10. The molecule has 2 aromatic rings. The van der Waals surface area contributed by atoms with E-state index >= 15 is 0 Å². The largest absolute Gasteiger partial charge is 0.302 e. The summed E-state index contributed by atoms with van der Waals surface area (Å²) in [6.07, 6.45) is -2.40. The first kappa shape index (κ1) is 12.0. The van der Waals surface area contributed by atoms with Crippen molar-refractivity contribution in [2.75, 3.05) is 0 Å². The maximum Gasteiger partial charge on any atom is 0.252 e. The van der Waals surface area contributed by atoms with Gasteiger partial charge in [0.25, 0.3) is 6.43 Å². The van der Waals surface area contributed by atoms with Gasteiger partial charge >= 0.3 is 0 Å². The Balaban J connectivity index is 2.50. The Morgan fingerprint density at radius 1 is 1.06 bits per heavy atom. The van der Waals surface area contributed by atoms with Crippen LogP contribution in [0.5, 0.6) is 0 Å². The van der Waals surface area contributed by atoms with Crippen molar-refractivity contribution in [3.05, 3.63) is 47.0 Å². The van der Waals surface area contributed by atoms with E-state index in [0.717, 1.165) is 10.8 Å². The van der Waals surface area contributed by atoms with E-state index in [0.29, 0.717) is 10.6 Å². The van der Waals surface area contributed by atoms with Crippen molar-refractivity contribution < 1.29 is 13.6 Å². The van der Waals surface area contributed by atoms with Crippen LogP contribution in [0, 0.1) is 0 Å². The van der Waals surface area contributed by atoms with Crippen molar-refractivity contribution >= 4 is 28.7 Å². The molecule has 0 saturated carbocycles. The maximum atomic E-state index is 12.6. The van der Waals surface area contributed by atoms with Crippen LogP contribution in [-0.4, -0.2) is 12.7 Å². The van der Waals surface area contributed by atoms with Crippen molar-refractivity contribution in [1.29, 1.82) is 0 Å². The molecule has 1 unspecified atom stereocenters. The molecule has 0 amide bonds. The summed E-state index contributed by atoms with van der Waals surface area (Å²) in [6.45, 7) is 0. The van der Waals surface area contributed by atoms with Crippen LogP contribution in [0.3, 0.4) is 0 Å². The number of alkyl halides is 2. The predicted octanol–water partition coefficient (Wildman–Crippen LogP) is 4.04. The molecule has 4 heteroatoms. The fourth-order valence-electron chi connectivity index (χ4n) is 1.73. The molecule has 0 bridgehead atoms. The van der Waals surface area contributed by atoms with E-state index in [1.165, 1.54) is 6.07 Å². The number of carbonyl (C=O) groups is 1. The molecular formula is C13H9ClF2O. The molecule has 2 rings (SSSR count). The molecule has 0 aromatic heterocycles. The topological polar surface area (TPSA) is 17.1 Å². The van der Waals surface area contributed by atoms with E-state index in [9.17, 15) is 13.6 Å². The lowest BCUT2D eigenvalue weighted by molar-refractivity contribution is -0.111. The van der Waals surface area contributed by atoms with Gasteiger partial charge in [-0.3, -0.25) is 0 Å². The molecule has 0 radical (unpaired) electrons. The molecule has 88 valence electrons. The van der Waals surface area contributed by atoms with Crippen LogP contribution in [0.25, 0.3) is 10.8 Å². The minimum atomic E-state index is -2.68. The van der Waals surface area contributed by atoms with Gasteiger partial charge in [0.1, 0.15) is 12.2 Å². The smallest absolute Gasteiger partial charge is 0.252 e. The molecule has 17 heavy (non-hydrogen) atoms. The standard InChI is InChI=1S/C13H9ClF2O/c14-11-4-3-8-5-10(2-1-9(8)6-11)12(7-17)13(15)16/h1-7,12-13H. The first-order chi connectivity index (χ1) is 8.11. The van der Waals surface area contributed by atoms with E-state index in [1.54, 1.807) is 30.3 Å². The number of benzene rings is 2. The summed E-state index contributed by atoms with van der Waals surface area (Å²) in [4.78, 5) is 10.6. The minimum absolute atomic E-state index is 0.280. The summed E-state index contributed by atoms with van der Waals surface area (Å²) in [5, 5.41) is 2.24. The first-order valence-electron chi connectivity index (χ1n) is 5.04. The number of halogens is 3. The Morgan fingerprint density at radius 3 is 2.35 bits per heavy atom. The lowest BCUT2D eigenvalue weighted by atomic mass is 9.98. The summed E-state index contributed by atoms with van der Waals surface area (Å²) >= 11 is 5.82. The first-order valence-corrected chi connectivity index (χ1v) is 5.42. The summed E-state index contributed by atoms with van der Waals surface area (Å²) in [5.41, 5.74) is 0.324. The van der Waals surface area contributed by atoms with Crippen LogP contribution in [0.4, 0.5) is 8.78 Å². The Hall–Kier alpha value is -1.48. The van der Waals surface area contributed by atoms with Gasteiger partial charge in [0.15, 0.2) is 0 Å². The highest BCUT2D eigenvalue weighted by Gasteiger charge is 2.21. The predicted molar refractivity (Wildman–Crippen MR) is 63.8 cm³/mol. The van der Waals surface area contributed by atoms with Crippen LogP contribution in [0.15, 0.2) is 36.4 Å². The highest BCUT2D eigenvalue weighted by atomic mass is 35.5. The second kappa shape index (κ2) is 4.80. The summed E-state index contributed by atoms with van der Waals surface area (Å²) in [6, 6.07) is 10.00. The van der Waals surface area contributed by atoms with E-state index in [2.05, 4.69) is 0 Å². The zero-order chi connectivity index (χ0) is 12.4. The summed E-state index contributed by atoms with van der Waals surface area (Å²) < 4.78 is 25.2. The van der Waals surface area contributed by atoms with Gasteiger partial charge in [0, 0.05) is 5.02 Å². The molecule has 0 aliphatic rings. The molecule has 0 spiro atoms. The zero-order valence-electron chi connectivity index (χ0n) is 8.74. The molecular weight excluding hydrogens is 246 g/mol. The number of hydrogen-bond donors (Lipinski definition) is 0. The van der Waals surface area contributed by atoms with Gasteiger partial charge in [0.2, 0.25) is 0 Å².